The van der Waals surface area contributed by atoms with Crippen LogP contribution in [-0.4, -0.2) is 5.60 Å². The summed E-state index contributed by atoms with van der Waals surface area (Å²) >= 11 is 1.29. The van der Waals surface area contributed by atoms with Crippen LogP contribution in [0, 0.1) is 0 Å². The van der Waals surface area contributed by atoms with Crippen LogP contribution in [0.15, 0.2) is 24.3 Å². The fraction of sp³-hybridized carbons (Fsp3) is 0.455. The van der Waals surface area contributed by atoms with Crippen molar-refractivity contribution in [3.8, 4) is 0 Å². The Morgan fingerprint density at radius 2 is 2.27 bits per heavy atom. The van der Waals surface area contributed by atoms with Crippen molar-refractivity contribution in [1.29, 1.82) is 0 Å². The highest BCUT2D eigenvalue weighted by molar-refractivity contribution is 7.96. The van der Waals surface area contributed by atoms with Gasteiger partial charge in [0.2, 0.25) is 0 Å². The molecule has 1 aliphatic carbocycles. The van der Waals surface area contributed by atoms with Gasteiger partial charge in [0.1, 0.15) is 12.2 Å². The Balaban J connectivity index is 1.78. The van der Waals surface area contributed by atoms with Crippen molar-refractivity contribution in [2.75, 3.05) is 10.5 Å². The van der Waals surface area contributed by atoms with Gasteiger partial charge in [0.05, 0.1) is 5.60 Å². The number of nitrogens with one attached hydrogen (secondary N) is 1. The van der Waals surface area contributed by atoms with Crippen molar-refractivity contribution in [2.24, 2.45) is 0 Å². The van der Waals surface area contributed by atoms with Crippen LogP contribution in [0.25, 0.3) is 0 Å². The fourth-order valence-electron chi connectivity index (χ4n) is 1.53. The first kappa shape index (κ1) is 10.6. The van der Waals surface area contributed by atoms with Crippen LogP contribution in [0.2, 0.25) is 0 Å². The van der Waals surface area contributed by atoms with E-state index in [4.69, 9.17) is 9.92 Å². The first-order chi connectivity index (χ1) is 7.18. The smallest absolute Gasteiger partial charge is 0.112 e. The molecule has 1 saturated carbocycles. The first-order valence-corrected chi connectivity index (χ1v) is 5.88. The highest BCUT2D eigenvalue weighted by atomic mass is 32.2. The molecule has 82 valence electrons. The van der Waals surface area contributed by atoms with E-state index >= 15 is 0 Å². The Morgan fingerprint density at radius 3 is 2.87 bits per heavy atom. The topological polar surface area (TPSA) is 47.3 Å². The Bertz CT molecular complexity index is 339. The van der Waals surface area contributed by atoms with E-state index in [-0.39, 0.29) is 5.60 Å². The second-order valence-corrected chi connectivity index (χ2v) is 4.74. The van der Waals surface area contributed by atoms with Gasteiger partial charge in [-0.1, -0.05) is 6.07 Å². The minimum Gasteiger partial charge on any atom is -0.399 e. The summed E-state index contributed by atoms with van der Waals surface area (Å²) in [6.07, 6.45) is 3.58. The van der Waals surface area contributed by atoms with Crippen molar-refractivity contribution in [3.05, 3.63) is 24.3 Å². The Kier molecular flexibility index (Phi) is 3.07. The lowest BCUT2D eigenvalue weighted by atomic mass is 9.82. The van der Waals surface area contributed by atoms with E-state index in [1.165, 1.54) is 18.6 Å². The largest absolute Gasteiger partial charge is 0.399 e. The van der Waals surface area contributed by atoms with E-state index in [1.54, 1.807) is 0 Å². The molecular formula is C11H16N2OS. The number of hydrogen-bond donors (Lipinski definition) is 2. The highest BCUT2D eigenvalue weighted by Gasteiger charge is 2.33. The van der Waals surface area contributed by atoms with E-state index in [1.807, 2.05) is 24.3 Å². The summed E-state index contributed by atoms with van der Waals surface area (Å²) in [6, 6.07) is 7.64. The van der Waals surface area contributed by atoms with Crippen molar-refractivity contribution in [2.45, 2.75) is 31.8 Å². The maximum absolute atomic E-state index is 5.67. The molecule has 3 nitrogen and oxygen atoms in total. The molecule has 1 aromatic rings. The Morgan fingerprint density at radius 1 is 1.47 bits per heavy atom. The van der Waals surface area contributed by atoms with Gasteiger partial charge in [-0.15, -0.1) is 0 Å². The highest BCUT2D eigenvalue weighted by Crippen LogP contribution is 2.38. The summed E-state index contributed by atoms with van der Waals surface area (Å²) < 4.78 is 8.80. The van der Waals surface area contributed by atoms with Crippen molar-refractivity contribution in [3.63, 3.8) is 0 Å². The normalized spacial score (nSPS) is 18.2. The maximum Gasteiger partial charge on any atom is 0.112 e. The second kappa shape index (κ2) is 4.33. The van der Waals surface area contributed by atoms with Gasteiger partial charge in [-0.25, -0.2) is 0 Å². The van der Waals surface area contributed by atoms with Crippen LogP contribution in [-0.2, 0) is 4.18 Å². The Hall–Kier alpha value is -0.870. The monoisotopic (exact) mass is 224 g/mol. The van der Waals surface area contributed by atoms with Crippen LogP contribution in [0.1, 0.15) is 26.2 Å². The van der Waals surface area contributed by atoms with Crippen LogP contribution >= 0.6 is 12.2 Å². The van der Waals surface area contributed by atoms with E-state index in [0.717, 1.165) is 24.2 Å². The molecule has 0 amide bonds. The second-order valence-electron chi connectivity index (χ2n) is 4.20. The van der Waals surface area contributed by atoms with Crippen LogP contribution in [0.3, 0.4) is 0 Å². The molecule has 15 heavy (non-hydrogen) atoms. The SMILES string of the molecule is CC1(OSNc2cccc(N)c2)CCC1. The van der Waals surface area contributed by atoms with Gasteiger partial charge in [0.25, 0.3) is 0 Å². The zero-order chi connectivity index (χ0) is 10.7. The minimum absolute atomic E-state index is 0.0675. The van der Waals surface area contributed by atoms with Crippen LogP contribution in [0.5, 0.6) is 0 Å². The summed E-state index contributed by atoms with van der Waals surface area (Å²) in [6.45, 7) is 2.14. The van der Waals surface area contributed by atoms with Crippen LogP contribution in [0.4, 0.5) is 11.4 Å². The average Bonchev–Trinajstić information content (AvgIpc) is 2.15. The summed E-state index contributed by atoms with van der Waals surface area (Å²) in [5.74, 6) is 0. The van der Waals surface area contributed by atoms with E-state index in [0.29, 0.717) is 0 Å². The maximum atomic E-state index is 5.67. The van der Waals surface area contributed by atoms with Gasteiger partial charge in [0.15, 0.2) is 0 Å². The predicted octanol–water partition coefficient (Wildman–Crippen LogP) is 3.20. The van der Waals surface area contributed by atoms with Gasteiger partial charge in [-0.3, -0.25) is 4.18 Å². The van der Waals surface area contributed by atoms with Gasteiger partial charge in [-0.2, -0.15) is 0 Å². The predicted molar refractivity (Wildman–Crippen MR) is 65.4 cm³/mol. The van der Waals surface area contributed by atoms with Gasteiger partial charge < -0.3 is 10.5 Å². The summed E-state index contributed by atoms with van der Waals surface area (Å²) in [5, 5.41) is 0. The molecule has 0 atom stereocenters. The number of nitrogens with two attached hydrogens (primary N) is 1. The third kappa shape index (κ3) is 2.79. The lowest BCUT2D eigenvalue weighted by molar-refractivity contribution is 0.0324. The molecule has 4 heteroatoms. The Labute approximate surface area is 94.7 Å². The first-order valence-electron chi connectivity index (χ1n) is 5.14. The number of hydrogen-bond acceptors (Lipinski definition) is 4. The molecule has 0 bridgehead atoms. The van der Waals surface area contributed by atoms with Gasteiger partial charge in [0, 0.05) is 11.4 Å². The molecule has 0 saturated heterocycles. The third-order valence-electron chi connectivity index (χ3n) is 2.70. The zero-order valence-corrected chi connectivity index (χ0v) is 9.64. The minimum atomic E-state index is 0.0675. The van der Waals surface area contributed by atoms with E-state index < -0.39 is 0 Å². The molecule has 0 aromatic heterocycles. The molecule has 0 heterocycles. The molecule has 2 rings (SSSR count). The molecule has 0 spiro atoms. The third-order valence-corrected chi connectivity index (χ3v) is 3.50. The molecule has 3 N–H and O–H groups in total. The van der Waals surface area contributed by atoms with Gasteiger partial charge >= 0.3 is 0 Å². The summed E-state index contributed by atoms with van der Waals surface area (Å²) in [4.78, 5) is 0. The molecule has 0 unspecified atom stereocenters. The number of benzene rings is 1. The zero-order valence-electron chi connectivity index (χ0n) is 8.82. The van der Waals surface area contributed by atoms with E-state index in [2.05, 4.69) is 11.6 Å². The van der Waals surface area contributed by atoms with Crippen LogP contribution < -0.4 is 10.5 Å². The fourth-order valence-corrected chi connectivity index (χ4v) is 2.16. The average molecular weight is 224 g/mol. The van der Waals surface area contributed by atoms with Crippen molar-refractivity contribution >= 4 is 23.6 Å². The summed E-state index contributed by atoms with van der Waals surface area (Å²) in [7, 11) is 0. The molecular weight excluding hydrogens is 208 g/mol. The molecule has 0 aliphatic heterocycles. The molecule has 1 fully saturated rings. The lowest BCUT2D eigenvalue weighted by Crippen LogP contribution is -2.34. The summed E-state index contributed by atoms with van der Waals surface area (Å²) in [5.41, 5.74) is 7.47. The number of rotatable bonds is 4. The van der Waals surface area contributed by atoms with Crippen molar-refractivity contribution in [1.82, 2.24) is 0 Å². The molecule has 0 radical (unpaired) electrons. The van der Waals surface area contributed by atoms with E-state index in [9.17, 15) is 0 Å². The standard InChI is InChI=1S/C11H16N2OS/c1-11(6-3-7-11)14-15-13-10-5-2-4-9(12)8-10/h2,4-5,8,13H,3,6-7,12H2,1H3. The molecule has 1 aromatic carbocycles. The number of anilines is 2. The van der Waals surface area contributed by atoms with Gasteiger partial charge in [-0.05, 0) is 44.4 Å². The lowest BCUT2D eigenvalue weighted by Gasteiger charge is -2.36. The quantitative estimate of drug-likeness (QED) is 0.468. The van der Waals surface area contributed by atoms with Crippen molar-refractivity contribution < 1.29 is 4.18 Å². The molecule has 1 aliphatic rings. The number of nitrogen functional groups attached to an aromatic ring is 1.